The standard InChI is InChI=1S/C13H11BrN2O2/c1-9(12-4-2-3-5-16-12)18-13(17)10-6-11(14)8-15-7-10/h2-9H,1H3/t9-/m0/s1. The summed E-state index contributed by atoms with van der Waals surface area (Å²) in [7, 11) is 0. The molecule has 0 aliphatic rings. The quantitative estimate of drug-likeness (QED) is 0.817. The molecule has 0 aliphatic carbocycles. The maximum atomic E-state index is 11.9. The Hall–Kier alpha value is -1.75. The zero-order valence-electron chi connectivity index (χ0n) is 9.71. The predicted octanol–water partition coefficient (Wildman–Crippen LogP) is 3.16. The van der Waals surface area contributed by atoms with Crippen LogP contribution in [-0.4, -0.2) is 15.9 Å². The van der Waals surface area contributed by atoms with Crippen LogP contribution in [0.15, 0.2) is 47.3 Å². The molecule has 0 saturated carbocycles. The summed E-state index contributed by atoms with van der Waals surface area (Å²) in [6.45, 7) is 1.78. The van der Waals surface area contributed by atoms with Crippen LogP contribution in [0, 0.1) is 0 Å². The van der Waals surface area contributed by atoms with Crippen LogP contribution in [0.25, 0.3) is 0 Å². The smallest absolute Gasteiger partial charge is 0.340 e. The van der Waals surface area contributed by atoms with Gasteiger partial charge in [-0.25, -0.2) is 4.79 Å². The number of hydrogen-bond donors (Lipinski definition) is 0. The Balaban J connectivity index is 2.08. The van der Waals surface area contributed by atoms with E-state index in [1.807, 2.05) is 18.2 Å². The van der Waals surface area contributed by atoms with Crippen LogP contribution in [0.5, 0.6) is 0 Å². The number of rotatable bonds is 3. The van der Waals surface area contributed by atoms with Crippen molar-refractivity contribution < 1.29 is 9.53 Å². The monoisotopic (exact) mass is 306 g/mol. The van der Waals surface area contributed by atoms with E-state index in [4.69, 9.17) is 4.74 Å². The first kappa shape index (κ1) is 12.7. The van der Waals surface area contributed by atoms with Gasteiger partial charge in [0.15, 0.2) is 0 Å². The van der Waals surface area contributed by atoms with Crippen LogP contribution < -0.4 is 0 Å². The normalized spacial score (nSPS) is 11.9. The average molecular weight is 307 g/mol. The maximum Gasteiger partial charge on any atom is 0.340 e. The maximum absolute atomic E-state index is 11.9. The molecule has 0 aliphatic heterocycles. The van der Waals surface area contributed by atoms with Crippen molar-refractivity contribution in [3.8, 4) is 0 Å². The highest BCUT2D eigenvalue weighted by molar-refractivity contribution is 9.10. The molecule has 2 aromatic rings. The van der Waals surface area contributed by atoms with Gasteiger partial charge in [-0.05, 0) is 41.1 Å². The Labute approximate surface area is 113 Å². The van der Waals surface area contributed by atoms with Gasteiger partial charge in [0.25, 0.3) is 0 Å². The topological polar surface area (TPSA) is 52.1 Å². The minimum atomic E-state index is -0.415. The summed E-state index contributed by atoms with van der Waals surface area (Å²) in [5.74, 6) is -0.415. The first-order valence-corrected chi connectivity index (χ1v) is 6.18. The van der Waals surface area contributed by atoms with Gasteiger partial charge in [-0.1, -0.05) is 6.07 Å². The number of pyridine rings is 2. The number of halogens is 1. The molecular weight excluding hydrogens is 296 g/mol. The summed E-state index contributed by atoms with van der Waals surface area (Å²) in [6, 6.07) is 7.15. The third kappa shape index (κ3) is 3.13. The molecule has 0 spiro atoms. The molecule has 0 unspecified atom stereocenters. The van der Waals surface area contributed by atoms with Gasteiger partial charge in [0.1, 0.15) is 6.10 Å². The number of aromatic nitrogens is 2. The fraction of sp³-hybridized carbons (Fsp3) is 0.154. The molecule has 0 radical (unpaired) electrons. The van der Waals surface area contributed by atoms with E-state index >= 15 is 0 Å². The van der Waals surface area contributed by atoms with E-state index in [2.05, 4.69) is 25.9 Å². The first-order valence-electron chi connectivity index (χ1n) is 5.39. The van der Waals surface area contributed by atoms with Crippen LogP contribution in [0.2, 0.25) is 0 Å². The molecule has 5 heteroatoms. The summed E-state index contributed by atoms with van der Waals surface area (Å²) in [5.41, 5.74) is 1.13. The Morgan fingerprint density at radius 2 is 2.22 bits per heavy atom. The molecule has 2 rings (SSSR count). The lowest BCUT2D eigenvalue weighted by Gasteiger charge is -2.12. The van der Waals surface area contributed by atoms with Crippen molar-refractivity contribution in [2.24, 2.45) is 0 Å². The van der Waals surface area contributed by atoms with Crippen LogP contribution >= 0.6 is 15.9 Å². The van der Waals surface area contributed by atoms with E-state index in [1.54, 1.807) is 25.4 Å². The van der Waals surface area contributed by atoms with Crippen LogP contribution in [0.1, 0.15) is 29.1 Å². The molecule has 92 valence electrons. The highest BCUT2D eigenvalue weighted by Crippen LogP contribution is 2.17. The van der Waals surface area contributed by atoms with Crippen molar-refractivity contribution in [2.45, 2.75) is 13.0 Å². The van der Waals surface area contributed by atoms with Crippen molar-refractivity contribution in [3.05, 3.63) is 58.6 Å². The number of carbonyl (C=O) groups is 1. The summed E-state index contributed by atoms with van der Waals surface area (Å²) < 4.78 is 6.05. The molecular formula is C13H11BrN2O2. The SMILES string of the molecule is C[C@H](OC(=O)c1cncc(Br)c1)c1ccccn1. The summed E-state index contributed by atoms with van der Waals surface area (Å²) in [6.07, 6.45) is 4.36. The Kier molecular flexibility index (Phi) is 4.04. The van der Waals surface area contributed by atoms with E-state index < -0.39 is 12.1 Å². The van der Waals surface area contributed by atoms with E-state index in [0.29, 0.717) is 11.3 Å². The highest BCUT2D eigenvalue weighted by Gasteiger charge is 2.14. The second-order valence-corrected chi connectivity index (χ2v) is 4.61. The molecule has 0 fully saturated rings. The largest absolute Gasteiger partial charge is 0.453 e. The van der Waals surface area contributed by atoms with Crippen molar-refractivity contribution in [1.29, 1.82) is 0 Å². The van der Waals surface area contributed by atoms with Crippen molar-refractivity contribution in [2.75, 3.05) is 0 Å². The highest BCUT2D eigenvalue weighted by atomic mass is 79.9. The number of nitrogens with zero attached hydrogens (tertiary/aromatic N) is 2. The molecule has 0 saturated heterocycles. The molecule has 1 atom stereocenters. The van der Waals surface area contributed by atoms with Crippen LogP contribution in [0.4, 0.5) is 0 Å². The van der Waals surface area contributed by atoms with Gasteiger partial charge in [0.2, 0.25) is 0 Å². The van der Waals surface area contributed by atoms with Crippen molar-refractivity contribution >= 4 is 21.9 Å². The summed E-state index contributed by atoms with van der Waals surface area (Å²) in [5, 5.41) is 0. The number of ether oxygens (including phenoxy) is 1. The molecule has 0 amide bonds. The third-order valence-electron chi connectivity index (χ3n) is 2.33. The Morgan fingerprint density at radius 1 is 1.39 bits per heavy atom. The average Bonchev–Trinajstić information content (AvgIpc) is 2.39. The van der Waals surface area contributed by atoms with E-state index in [-0.39, 0.29) is 0 Å². The second kappa shape index (κ2) is 5.73. The van der Waals surface area contributed by atoms with Crippen molar-refractivity contribution in [3.63, 3.8) is 0 Å². The number of hydrogen-bond acceptors (Lipinski definition) is 4. The van der Waals surface area contributed by atoms with Gasteiger partial charge in [-0.15, -0.1) is 0 Å². The van der Waals surface area contributed by atoms with E-state index in [9.17, 15) is 4.79 Å². The Morgan fingerprint density at radius 3 is 2.89 bits per heavy atom. The summed E-state index contributed by atoms with van der Waals surface area (Å²) >= 11 is 3.26. The lowest BCUT2D eigenvalue weighted by atomic mass is 10.2. The van der Waals surface area contributed by atoms with Gasteiger partial charge in [-0.3, -0.25) is 9.97 Å². The van der Waals surface area contributed by atoms with Crippen LogP contribution in [0.3, 0.4) is 0 Å². The zero-order valence-corrected chi connectivity index (χ0v) is 11.3. The summed E-state index contributed by atoms with van der Waals surface area (Å²) in [4.78, 5) is 19.9. The zero-order chi connectivity index (χ0) is 13.0. The molecule has 0 aromatic carbocycles. The van der Waals surface area contributed by atoms with Gasteiger partial charge in [0.05, 0.1) is 11.3 Å². The van der Waals surface area contributed by atoms with Gasteiger partial charge >= 0.3 is 5.97 Å². The minimum Gasteiger partial charge on any atom is -0.453 e. The second-order valence-electron chi connectivity index (χ2n) is 3.69. The number of carbonyl (C=O) groups excluding carboxylic acids is 1. The van der Waals surface area contributed by atoms with E-state index in [0.717, 1.165) is 4.47 Å². The minimum absolute atomic E-state index is 0.391. The third-order valence-corrected chi connectivity index (χ3v) is 2.76. The lowest BCUT2D eigenvalue weighted by Crippen LogP contribution is -2.10. The van der Waals surface area contributed by atoms with Crippen LogP contribution in [-0.2, 0) is 4.74 Å². The number of esters is 1. The molecule has 18 heavy (non-hydrogen) atoms. The van der Waals surface area contributed by atoms with E-state index in [1.165, 1.54) is 6.20 Å². The van der Waals surface area contributed by atoms with Crippen molar-refractivity contribution in [1.82, 2.24) is 9.97 Å². The van der Waals surface area contributed by atoms with Gasteiger partial charge in [0, 0.05) is 23.1 Å². The fourth-order valence-electron chi connectivity index (χ4n) is 1.43. The fourth-order valence-corrected chi connectivity index (χ4v) is 1.79. The Bertz CT molecular complexity index is 546. The molecule has 0 bridgehead atoms. The lowest BCUT2D eigenvalue weighted by molar-refractivity contribution is 0.0328. The van der Waals surface area contributed by atoms with Gasteiger partial charge in [-0.2, -0.15) is 0 Å². The molecule has 0 N–H and O–H groups in total. The van der Waals surface area contributed by atoms with Gasteiger partial charge < -0.3 is 4.74 Å². The molecule has 2 aromatic heterocycles. The first-order chi connectivity index (χ1) is 8.66. The predicted molar refractivity (Wildman–Crippen MR) is 70.0 cm³/mol. The molecule has 4 nitrogen and oxygen atoms in total. The molecule has 2 heterocycles.